The molecule has 0 saturated carbocycles. The highest BCUT2D eigenvalue weighted by Gasteiger charge is 2.11. The van der Waals surface area contributed by atoms with Crippen LogP contribution in [0.4, 0.5) is 0 Å². The lowest BCUT2D eigenvalue weighted by Gasteiger charge is -2.02. The van der Waals surface area contributed by atoms with Crippen LogP contribution in [-0.2, 0) is 6.54 Å². The van der Waals surface area contributed by atoms with Crippen molar-refractivity contribution in [3.05, 3.63) is 71.3 Å². The first kappa shape index (κ1) is 14.2. The van der Waals surface area contributed by atoms with E-state index in [-0.39, 0.29) is 11.6 Å². The highest BCUT2D eigenvalue weighted by atomic mass is 35.5. The first-order chi connectivity index (χ1) is 10.7. The Morgan fingerprint density at radius 1 is 1.27 bits per heavy atom. The molecule has 0 fully saturated rings. The van der Waals surface area contributed by atoms with Crippen LogP contribution in [0.2, 0.25) is 5.02 Å². The van der Waals surface area contributed by atoms with E-state index in [0.29, 0.717) is 11.6 Å². The van der Waals surface area contributed by atoms with Gasteiger partial charge in [0.2, 0.25) is 0 Å². The van der Waals surface area contributed by atoms with Gasteiger partial charge in [0, 0.05) is 24.0 Å². The molecule has 6 nitrogen and oxygen atoms in total. The number of benzene rings is 1. The van der Waals surface area contributed by atoms with Gasteiger partial charge in [-0.05, 0) is 29.8 Å². The van der Waals surface area contributed by atoms with Crippen LogP contribution >= 0.6 is 11.6 Å². The summed E-state index contributed by atoms with van der Waals surface area (Å²) in [5.74, 6) is -0.294. The van der Waals surface area contributed by atoms with Crippen molar-refractivity contribution in [2.24, 2.45) is 0 Å². The zero-order valence-electron chi connectivity index (χ0n) is 11.5. The lowest BCUT2D eigenvalue weighted by molar-refractivity contribution is 0.0946. The molecule has 0 bridgehead atoms. The number of carbonyl (C=O) groups is 1. The van der Waals surface area contributed by atoms with Crippen molar-refractivity contribution in [2.75, 3.05) is 0 Å². The lowest BCUT2D eigenvalue weighted by atomic mass is 10.3. The number of nitrogens with one attached hydrogen (secondary N) is 1. The SMILES string of the molecule is O=C(NCc1cccnc1)c1cn(-c2cccc(Cl)c2)nn1. The highest BCUT2D eigenvalue weighted by Crippen LogP contribution is 2.13. The molecule has 0 aliphatic rings. The van der Waals surface area contributed by atoms with Crippen molar-refractivity contribution in [1.29, 1.82) is 0 Å². The van der Waals surface area contributed by atoms with Crippen molar-refractivity contribution >= 4 is 17.5 Å². The molecule has 22 heavy (non-hydrogen) atoms. The molecule has 0 aliphatic carbocycles. The molecule has 2 heterocycles. The molecule has 0 atom stereocenters. The van der Waals surface area contributed by atoms with Gasteiger partial charge in [-0.3, -0.25) is 9.78 Å². The van der Waals surface area contributed by atoms with Gasteiger partial charge in [-0.2, -0.15) is 0 Å². The second kappa shape index (κ2) is 6.36. The van der Waals surface area contributed by atoms with Gasteiger partial charge in [0.1, 0.15) is 0 Å². The zero-order chi connectivity index (χ0) is 15.4. The average molecular weight is 314 g/mol. The maximum Gasteiger partial charge on any atom is 0.273 e. The third kappa shape index (κ3) is 3.29. The number of rotatable bonds is 4. The van der Waals surface area contributed by atoms with Crippen LogP contribution in [0.5, 0.6) is 0 Å². The number of amides is 1. The third-order valence-electron chi connectivity index (χ3n) is 2.97. The van der Waals surface area contributed by atoms with E-state index in [2.05, 4.69) is 20.6 Å². The van der Waals surface area contributed by atoms with Crippen molar-refractivity contribution in [1.82, 2.24) is 25.3 Å². The summed E-state index contributed by atoms with van der Waals surface area (Å²) in [6.07, 6.45) is 4.94. The standard InChI is InChI=1S/C15H12ClN5O/c16-12-4-1-5-13(7-12)21-10-14(19-20-21)15(22)18-9-11-3-2-6-17-8-11/h1-8,10H,9H2,(H,18,22). The Kier molecular flexibility index (Phi) is 4.11. The highest BCUT2D eigenvalue weighted by molar-refractivity contribution is 6.30. The smallest absolute Gasteiger partial charge is 0.273 e. The molecular formula is C15H12ClN5O. The molecule has 0 aliphatic heterocycles. The molecule has 3 aromatic rings. The molecular weight excluding hydrogens is 302 g/mol. The Bertz CT molecular complexity index is 787. The predicted molar refractivity (Wildman–Crippen MR) is 81.8 cm³/mol. The van der Waals surface area contributed by atoms with Gasteiger partial charge in [-0.25, -0.2) is 4.68 Å². The maximum absolute atomic E-state index is 12.1. The topological polar surface area (TPSA) is 72.7 Å². The van der Waals surface area contributed by atoms with E-state index in [9.17, 15) is 4.79 Å². The summed E-state index contributed by atoms with van der Waals surface area (Å²) in [5.41, 5.74) is 1.90. The molecule has 3 rings (SSSR count). The molecule has 0 unspecified atom stereocenters. The first-order valence-corrected chi connectivity index (χ1v) is 6.95. The summed E-state index contributed by atoms with van der Waals surface area (Å²) in [7, 11) is 0. The van der Waals surface area contributed by atoms with Gasteiger partial charge in [0.25, 0.3) is 5.91 Å². The van der Waals surface area contributed by atoms with E-state index in [1.165, 1.54) is 4.68 Å². The van der Waals surface area contributed by atoms with Crippen LogP contribution in [0, 0.1) is 0 Å². The second-order valence-corrected chi connectivity index (χ2v) is 5.01. The van der Waals surface area contributed by atoms with Crippen LogP contribution in [0.25, 0.3) is 5.69 Å². The Morgan fingerprint density at radius 2 is 2.18 bits per heavy atom. The normalized spacial score (nSPS) is 10.4. The molecule has 1 N–H and O–H groups in total. The molecule has 110 valence electrons. The van der Waals surface area contributed by atoms with Crippen LogP contribution in [-0.4, -0.2) is 25.9 Å². The summed E-state index contributed by atoms with van der Waals surface area (Å²) in [6, 6.07) is 10.9. The first-order valence-electron chi connectivity index (χ1n) is 6.58. The van der Waals surface area contributed by atoms with Gasteiger partial charge in [0.15, 0.2) is 5.69 Å². The maximum atomic E-state index is 12.1. The van der Waals surface area contributed by atoms with Gasteiger partial charge >= 0.3 is 0 Å². The monoisotopic (exact) mass is 313 g/mol. The summed E-state index contributed by atoms with van der Waals surface area (Å²) in [6.45, 7) is 0.386. The number of nitrogens with zero attached hydrogens (tertiary/aromatic N) is 4. The Hall–Kier alpha value is -2.73. The zero-order valence-corrected chi connectivity index (χ0v) is 12.2. The van der Waals surface area contributed by atoms with E-state index < -0.39 is 0 Å². The van der Waals surface area contributed by atoms with Crippen molar-refractivity contribution in [3.8, 4) is 5.69 Å². The molecule has 0 saturated heterocycles. The number of hydrogen-bond donors (Lipinski definition) is 1. The molecule has 7 heteroatoms. The minimum absolute atomic E-state index is 0.240. The second-order valence-electron chi connectivity index (χ2n) is 4.57. The van der Waals surface area contributed by atoms with Crippen LogP contribution in [0.3, 0.4) is 0 Å². The van der Waals surface area contributed by atoms with Crippen LogP contribution in [0.1, 0.15) is 16.1 Å². The van der Waals surface area contributed by atoms with Gasteiger partial charge in [-0.1, -0.05) is 28.9 Å². The quantitative estimate of drug-likeness (QED) is 0.802. The minimum atomic E-state index is -0.294. The summed E-state index contributed by atoms with van der Waals surface area (Å²) in [5, 5.41) is 11.2. The predicted octanol–water partition coefficient (Wildman–Crippen LogP) is 2.25. The molecule has 0 radical (unpaired) electrons. The molecule has 1 amide bonds. The molecule has 1 aromatic carbocycles. The van der Waals surface area contributed by atoms with E-state index in [1.54, 1.807) is 30.7 Å². The van der Waals surface area contributed by atoms with Gasteiger partial charge < -0.3 is 5.32 Å². The van der Waals surface area contributed by atoms with E-state index >= 15 is 0 Å². The number of aromatic nitrogens is 4. The van der Waals surface area contributed by atoms with E-state index in [1.807, 2.05) is 24.3 Å². The third-order valence-corrected chi connectivity index (χ3v) is 3.21. The summed E-state index contributed by atoms with van der Waals surface area (Å²) < 4.78 is 1.50. The fraction of sp³-hybridized carbons (Fsp3) is 0.0667. The Balaban J connectivity index is 1.69. The average Bonchev–Trinajstić information content (AvgIpc) is 3.04. The summed E-state index contributed by atoms with van der Waals surface area (Å²) >= 11 is 5.93. The number of pyridine rings is 1. The largest absolute Gasteiger partial charge is 0.346 e. The fourth-order valence-electron chi connectivity index (χ4n) is 1.89. The minimum Gasteiger partial charge on any atom is -0.346 e. The number of hydrogen-bond acceptors (Lipinski definition) is 4. The van der Waals surface area contributed by atoms with Crippen LogP contribution < -0.4 is 5.32 Å². The van der Waals surface area contributed by atoms with Crippen LogP contribution in [0.15, 0.2) is 55.0 Å². The van der Waals surface area contributed by atoms with E-state index in [0.717, 1.165) is 11.3 Å². The molecule has 0 spiro atoms. The number of carbonyl (C=O) groups excluding carboxylic acids is 1. The lowest BCUT2D eigenvalue weighted by Crippen LogP contribution is -2.23. The van der Waals surface area contributed by atoms with Crippen molar-refractivity contribution in [2.45, 2.75) is 6.54 Å². The van der Waals surface area contributed by atoms with Crippen molar-refractivity contribution in [3.63, 3.8) is 0 Å². The Labute approximate surface area is 131 Å². The van der Waals surface area contributed by atoms with Gasteiger partial charge in [0.05, 0.1) is 11.9 Å². The Morgan fingerprint density at radius 3 is 2.95 bits per heavy atom. The van der Waals surface area contributed by atoms with Crippen molar-refractivity contribution < 1.29 is 4.79 Å². The number of halogens is 1. The molecule has 2 aromatic heterocycles. The van der Waals surface area contributed by atoms with Gasteiger partial charge in [-0.15, -0.1) is 5.10 Å². The van der Waals surface area contributed by atoms with E-state index in [4.69, 9.17) is 11.6 Å². The fourth-order valence-corrected chi connectivity index (χ4v) is 2.07. The summed E-state index contributed by atoms with van der Waals surface area (Å²) in [4.78, 5) is 16.0.